The molecular weight excluding hydrogens is 429 g/mol. The Morgan fingerprint density at radius 2 is 2.20 bits per heavy atom. The zero-order chi connectivity index (χ0) is 17.4. The molecule has 0 aliphatic heterocycles. The smallest absolute Gasteiger partial charge is 0.193 e. The van der Waals surface area contributed by atoms with Crippen LogP contribution in [0.15, 0.2) is 29.3 Å². The van der Waals surface area contributed by atoms with E-state index in [4.69, 9.17) is 4.74 Å². The van der Waals surface area contributed by atoms with Gasteiger partial charge in [0, 0.05) is 26.7 Å². The second-order valence-corrected chi connectivity index (χ2v) is 6.56. The van der Waals surface area contributed by atoms with E-state index in [1.165, 1.54) is 12.8 Å². The molecule has 0 saturated heterocycles. The van der Waals surface area contributed by atoms with Crippen LogP contribution in [0.2, 0.25) is 0 Å². The fraction of sp³-hybridized carbons (Fsp3) is 0.632. The lowest BCUT2D eigenvalue weighted by Gasteiger charge is -2.22. The van der Waals surface area contributed by atoms with Gasteiger partial charge in [-0.3, -0.25) is 4.99 Å². The minimum atomic E-state index is -0.585. The van der Waals surface area contributed by atoms with Crippen LogP contribution in [0.25, 0.3) is 0 Å². The van der Waals surface area contributed by atoms with Crippen molar-refractivity contribution < 1.29 is 9.84 Å². The van der Waals surface area contributed by atoms with E-state index in [1.807, 2.05) is 45.2 Å². The van der Waals surface area contributed by atoms with Crippen LogP contribution in [0, 0.1) is 12.8 Å². The van der Waals surface area contributed by atoms with Gasteiger partial charge in [-0.05, 0) is 38.2 Å². The maximum absolute atomic E-state index is 10.3. The van der Waals surface area contributed by atoms with Crippen LogP contribution in [0.5, 0.6) is 0 Å². The molecule has 2 rings (SSSR count). The Labute approximate surface area is 168 Å². The zero-order valence-corrected chi connectivity index (χ0v) is 17.9. The Morgan fingerprint density at radius 3 is 2.84 bits per heavy atom. The van der Waals surface area contributed by atoms with Crippen LogP contribution in [-0.2, 0) is 4.74 Å². The highest BCUT2D eigenvalue weighted by Gasteiger charge is 2.21. The molecule has 6 heteroatoms. The van der Waals surface area contributed by atoms with Gasteiger partial charge < -0.3 is 20.1 Å². The second-order valence-electron chi connectivity index (χ2n) is 6.56. The van der Waals surface area contributed by atoms with Crippen molar-refractivity contribution in [2.45, 2.75) is 32.8 Å². The van der Waals surface area contributed by atoms with Crippen LogP contribution in [0.4, 0.5) is 0 Å². The standard InChI is InChI=1S/C19H31N3O2.HI/c1-4-20-19(22(3)10-11-24-14-16-8-9-16)21-13-18(23)17-7-5-6-15(2)12-17;/h5-7,12,16,18,23H,4,8-11,13-14H2,1-3H3,(H,20,21);1H. The molecule has 142 valence electrons. The molecule has 1 saturated carbocycles. The van der Waals surface area contributed by atoms with E-state index in [0.717, 1.165) is 42.7 Å². The molecule has 1 unspecified atom stereocenters. The first-order valence-electron chi connectivity index (χ1n) is 8.92. The highest BCUT2D eigenvalue weighted by atomic mass is 127. The third-order valence-corrected chi connectivity index (χ3v) is 4.16. The number of halogens is 1. The minimum absolute atomic E-state index is 0. The van der Waals surface area contributed by atoms with Crippen LogP contribution >= 0.6 is 24.0 Å². The van der Waals surface area contributed by atoms with Crippen molar-refractivity contribution >= 4 is 29.9 Å². The third kappa shape index (κ3) is 8.37. The third-order valence-electron chi connectivity index (χ3n) is 4.16. The highest BCUT2D eigenvalue weighted by Crippen LogP contribution is 2.28. The number of likely N-dealkylation sites (N-methyl/N-ethyl adjacent to an activating group) is 1. The van der Waals surface area contributed by atoms with Gasteiger partial charge in [-0.2, -0.15) is 0 Å². The first kappa shape index (κ1) is 22.2. The van der Waals surface area contributed by atoms with Gasteiger partial charge in [-0.25, -0.2) is 0 Å². The topological polar surface area (TPSA) is 57.1 Å². The predicted octanol–water partition coefficient (Wildman–Crippen LogP) is 2.97. The van der Waals surface area contributed by atoms with Crippen molar-refractivity contribution in [3.63, 3.8) is 0 Å². The molecule has 1 aliphatic rings. The van der Waals surface area contributed by atoms with E-state index in [-0.39, 0.29) is 24.0 Å². The molecule has 0 amide bonds. The first-order chi connectivity index (χ1) is 11.6. The molecule has 0 heterocycles. The van der Waals surface area contributed by atoms with Crippen molar-refractivity contribution in [3.05, 3.63) is 35.4 Å². The van der Waals surface area contributed by atoms with Gasteiger partial charge >= 0.3 is 0 Å². The van der Waals surface area contributed by atoms with Gasteiger partial charge in [0.1, 0.15) is 0 Å². The highest BCUT2D eigenvalue weighted by molar-refractivity contribution is 14.0. The molecule has 1 atom stereocenters. The van der Waals surface area contributed by atoms with Gasteiger partial charge in [0.15, 0.2) is 5.96 Å². The zero-order valence-electron chi connectivity index (χ0n) is 15.6. The van der Waals surface area contributed by atoms with Gasteiger partial charge in [-0.1, -0.05) is 29.8 Å². The molecule has 0 bridgehead atoms. The number of guanidine groups is 1. The number of aliphatic hydroxyl groups excluding tert-OH is 1. The summed E-state index contributed by atoms with van der Waals surface area (Å²) in [5.74, 6) is 1.60. The molecule has 1 aromatic carbocycles. The Hall–Kier alpha value is -0.860. The van der Waals surface area contributed by atoms with E-state index in [9.17, 15) is 5.11 Å². The molecule has 1 fully saturated rings. The summed E-state index contributed by atoms with van der Waals surface area (Å²) in [5, 5.41) is 13.6. The van der Waals surface area contributed by atoms with Gasteiger partial charge in [0.25, 0.3) is 0 Å². The number of hydrogen-bond acceptors (Lipinski definition) is 3. The monoisotopic (exact) mass is 461 g/mol. The number of ether oxygens (including phenoxy) is 1. The fourth-order valence-corrected chi connectivity index (χ4v) is 2.47. The van der Waals surface area contributed by atoms with E-state index in [2.05, 4.69) is 15.2 Å². The summed E-state index contributed by atoms with van der Waals surface area (Å²) in [5.41, 5.74) is 2.05. The van der Waals surface area contributed by atoms with Crippen LogP contribution < -0.4 is 5.32 Å². The Kier molecular flexibility index (Phi) is 10.4. The molecule has 1 aromatic rings. The van der Waals surface area contributed by atoms with E-state index >= 15 is 0 Å². The maximum Gasteiger partial charge on any atom is 0.193 e. The molecule has 2 N–H and O–H groups in total. The summed E-state index contributed by atoms with van der Waals surface area (Å²) in [4.78, 5) is 6.63. The van der Waals surface area contributed by atoms with Crippen molar-refractivity contribution in [1.82, 2.24) is 10.2 Å². The minimum Gasteiger partial charge on any atom is -0.386 e. The van der Waals surface area contributed by atoms with Crippen LogP contribution in [0.1, 0.15) is 37.0 Å². The Morgan fingerprint density at radius 1 is 1.44 bits per heavy atom. The second kappa shape index (κ2) is 11.7. The lowest BCUT2D eigenvalue weighted by atomic mass is 10.1. The Bertz CT molecular complexity index is 535. The summed E-state index contributed by atoms with van der Waals surface area (Å²) in [6, 6.07) is 7.93. The van der Waals surface area contributed by atoms with Gasteiger partial charge in [0.05, 0.1) is 19.3 Å². The maximum atomic E-state index is 10.3. The first-order valence-corrected chi connectivity index (χ1v) is 8.92. The summed E-state index contributed by atoms with van der Waals surface area (Å²) in [6.45, 7) is 7.60. The number of aliphatic hydroxyl groups is 1. The number of aryl methyl sites for hydroxylation is 1. The summed E-state index contributed by atoms with van der Waals surface area (Å²) in [7, 11) is 2.00. The number of rotatable bonds is 9. The number of aliphatic imine (C=N–C) groups is 1. The van der Waals surface area contributed by atoms with Crippen LogP contribution in [-0.4, -0.2) is 55.9 Å². The summed E-state index contributed by atoms with van der Waals surface area (Å²) in [6.07, 6.45) is 2.05. The predicted molar refractivity (Wildman–Crippen MR) is 114 cm³/mol. The summed E-state index contributed by atoms with van der Waals surface area (Å²) < 4.78 is 5.69. The Balaban J connectivity index is 0.00000312. The van der Waals surface area contributed by atoms with Gasteiger partial charge in [0.2, 0.25) is 0 Å². The van der Waals surface area contributed by atoms with E-state index < -0.39 is 6.10 Å². The van der Waals surface area contributed by atoms with Crippen LogP contribution in [0.3, 0.4) is 0 Å². The van der Waals surface area contributed by atoms with Crippen molar-refractivity contribution in [2.75, 3.05) is 39.9 Å². The molecule has 0 spiro atoms. The quantitative estimate of drug-likeness (QED) is 0.257. The molecular formula is C19H32IN3O2. The number of hydrogen-bond donors (Lipinski definition) is 2. The number of nitrogens with zero attached hydrogens (tertiary/aromatic N) is 2. The average molecular weight is 461 g/mol. The number of benzene rings is 1. The lowest BCUT2D eigenvalue weighted by Crippen LogP contribution is -2.40. The largest absolute Gasteiger partial charge is 0.386 e. The van der Waals surface area contributed by atoms with E-state index in [0.29, 0.717) is 13.2 Å². The summed E-state index contributed by atoms with van der Waals surface area (Å²) >= 11 is 0. The van der Waals surface area contributed by atoms with Gasteiger partial charge in [-0.15, -0.1) is 24.0 Å². The molecule has 25 heavy (non-hydrogen) atoms. The average Bonchev–Trinajstić information content (AvgIpc) is 3.39. The normalized spacial score (nSPS) is 15.4. The van der Waals surface area contributed by atoms with E-state index in [1.54, 1.807) is 0 Å². The number of nitrogens with one attached hydrogen (secondary N) is 1. The molecule has 1 aliphatic carbocycles. The molecule has 5 nitrogen and oxygen atoms in total. The van der Waals surface area contributed by atoms with Crippen molar-refractivity contribution in [2.24, 2.45) is 10.9 Å². The molecule has 0 aromatic heterocycles. The van der Waals surface area contributed by atoms with Crippen molar-refractivity contribution in [1.29, 1.82) is 0 Å². The van der Waals surface area contributed by atoms with Crippen molar-refractivity contribution in [3.8, 4) is 0 Å². The SMILES string of the molecule is CCNC(=NCC(O)c1cccc(C)c1)N(C)CCOCC1CC1.I. The molecule has 0 radical (unpaired) electrons. The fourth-order valence-electron chi connectivity index (χ4n) is 2.47. The lowest BCUT2D eigenvalue weighted by molar-refractivity contribution is 0.115.